The molecule has 7 nitrogen and oxygen atoms in total. The molecule has 132 valence electrons. The fourth-order valence-electron chi connectivity index (χ4n) is 2.88. The van der Waals surface area contributed by atoms with Crippen molar-refractivity contribution in [3.63, 3.8) is 0 Å². The lowest BCUT2D eigenvalue weighted by molar-refractivity contribution is 0.495. The number of aromatic nitrogens is 5. The third-order valence-corrected chi connectivity index (χ3v) is 4.32. The molecule has 4 aromatic heterocycles. The minimum Gasteiger partial charge on any atom is -0.469 e. The smallest absolute Gasteiger partial charge is 0.164 e. The van der Waals surface area contributed by atoms with Crippen LogP contribution in [0.3, 0.4) is 0 Å². The van der Waals surface area contributed by atoms with Gasteiger partial charge in [-0.15, -0.1) is 0 Å². The van der Waals surface area contributed by atoms with Crippen molar-refractivity contribution in [3.8, 4) is 11.4 Å². The first-order valence-corrected chi connectivity index (χ1v) is 8.60. The van der Waals surface area contributed by atoms with Gasteiger partial charge >= 0.3 is 0 Å². The second-order valence-corrected chi connectivity index (χ2v) is 6.30. The molecule has 0 aromatic carbocycles. The Morgan fingerprint density at radius 2 is 2.04 bits per heavy atom. The zero-order valence-corrected chi connectivity index (χ0v) is 14.8. The van der Waals surface area contributed by atoms with E-state index in [1.165, 1.54) is 0 Å². The number of anilines is 1. The van der Waals surface area contributed by atoms with Crippen LogP contribution in [0.2, 0.25) is 0 Å². The van der Waals surface area contributed by atoms with Gasteiger partial charge < -0.3 is 9.73 Å². The molecular weight excluding hydrogens is 328 g/mol. The molecule has 7 heteroatoms. The van der Waals surface area contributed by atoms with Crippen molar-refractivity contribution in [2.24, 2.45) is 7.05 Å². The lowest BCUT2D eigenvalue weighted by Crippen LogP contribution is -2.17. The number of hydrogen-bond donors (Lipinski definition) is 1. The van der Waals surface area contributed by atoms with E-state index in [9.17, 15) is 0 Å². The van der Waals surface area contributed by atoms with Crippen molar-refractivity contribution < 1.29 is 4.42 Å². The third kappa shape index (κ3) is 3.28. The molecule has 26 heavy (non-hydrogen) atoms. The molecule has 1 unspecified atom stereocenters. The average Bonchev–Trinajstić information content (AvgIpc) is 3.31. The Bertz CT molecular complexity index is 994. The maximum absolute atomic E-state index is 5.41. The Morgan fingerprint density at radius 3 is 2.81 bits per heavy atom. The minimum atomic E-state index is 0.226. The monoisotopic (exact) mass is 348 g/mol. The summed E-state index contributed by atoms with van der Waals surface area (Å²) in [7, 11) is 1.88. The lowest BCUT2D eigenvalue weighted by Gasteiger charge is -2.15. The second-order valence-electron chi connectivity index (χ2n) is 6.30. The van der Waals surface area contributed by atoms with E-state index in [1.807, 2.05) is 31.3 Å². The first-order chi connectivity index (χ1) is 12.7. The maximum atomic E-state index is 5.41. The molecule has 0 spiro atoms. The van der Waals surface area contributed by atoms with Gasteiger partial charge in [-0.3, -0.25) is 9.67 Å². The number of furan rings is 1. The van der Waals surface area contributed by atoms with Gasteiger partial charge in [-0.05, 0) is 37.6 Å². The van der Waals surface area contributed by atoms with Crippen molar-refractivity contribution in [3.05, 3.63) is 54.9 Å². The number of fused-ring (bicyclic) bond motifs is 1. The molecule has 0 saturated carbocycles. The molecule has 1 N–H and O–H groups in total. The zero-order chi connectivity index (χ0) is 17.9. The highest BCUT2D eigenvalue weighted by Gasteiger charge is 2.14. The van der Waals surface area contributed by atoms with Gasteiger partial charge in [-0.1, -0.05) is 0 Å². The zero-order valence-electron chi connectivity index (χ0n) is 14.8. The van der Waals surface area contributed by atoms with Gasteiger partial charge in [0.2, 0.25) is 0 Å². The molecule has 0 aliphatic rings. The number of aryl methyl sites for hydroxylation is 2. The predicted octanol–water partition coefficient (Wildman–Crippen LogP) is 3.45. The summed E-state index contributed by atoms with van der Waals surface area (Å²) in [6.45, 7) is 2.14. The number of nitrogens with zero attached hydrogens (tertiary/aromatic N) is 5. The molecule has 0 bridgehead atoms. The van der Waals surface area contributed by atoms with Gasteiger partial charge in [0.1, 0.15) is 11.6 Å². The summed E-state index contributed by atoms with van der Waals surface area (Å²) in [5, 5.41) is 8.75. The fourth-order valence-corrected chi connectivity index (χ4v) is 2.88. The Hall–Kier alpha value is -3.22. The third-order valence-electron chi connectivity index (χ3n) is 4.32. The molecule has 0 amide bonds. The summed E-state index contributed by atoms with van der Waals surface area (Å²) >= 11 is 0. The quantitative estimate of drug-likeness (QED) is 0.575. The average molecular weight is 348 g/mol. The molecule has 0 aliphatic heterocycles. The molecule has 4 rings (SSSR count). The van der Waals surface area contributed by atoms with E-state index in [-0.39, 0.29) is 6.04 Å². The lowest BCUT2D eigenvalue weighted by atomic mass is 10.1. The van der Waals surface area contributed by atoms with E-state index in [4.69, 9.17) is 9.40 Å². The summed E-state index contributed by atoms with van der Waals surface area (Å²) in [6.07, 6.45) is 8.80. The van der Waals surface area contributed by atoms with Crippen LogP contribution < -0.4 is 5.32 Å². The van der Waals surface area contributed by atoms with Crippen molar-refractivity contribution >= 4 is 16.9 Å². The largest absolute Gasteiger partial charge is 0.469 e. The fraction of sp³-hybridized carbons (Fsp3) is 0.263. The van der Waals surface area contributed by atoms with Crippen LogP contribution in [-0.2, 0) is 13.5 Å². The van der Waals surface area contributed by atoms with Gasteiger partial charge in [0.25, 0.3) is 0 Å². The highest BCUT2D eigenvalue weighted by molar-refractivity contribution is 5.88. The second kappa shape index (κ2) is 6.95. The highest BCUT2D eigenvalue weighted by Crippen LogP contribution is 2.25. The van der Waals surface area contributed by atoms with Crippen LogP contribution in [0, 0.1) is 0 Å². The molecule has 0 aliphatic carbocycles. The normalized spacial score (nSPS) is 12.4. The Morgan fingerprint density at radius 1 is 1.19 bits per heavy atom. The number of hydrogen-bond acceptors (Lipinski definition) is 6. The number of nitrogens with one attached hydrogen (secondary N) is 1. The van der Waals surface area contributed by atoms with Gasteiger partial charge in [0, 0.05) is 37.5 Å². The summed E-state index contributed by atoms with van der Waals surface area (Å²) in [5.41, 5.74) is 1.72. The Labute approximate surface area is 151 Å². The van der Waals surface area contributed by atoms with E-state index in [0.717, 1.165) is 41.0 Å². The first-order valence-electron chi connectivity index (χ1n) is 8.60. The van der Waals surface area contributed by atoms with Crippen LogP contribution in [0.1, 0.15) is 19.1 Å². The van der Waals surface area contributed by atoms with Crippen molar-refractivity contribution in [1.82, 2.24) is 24.7 Å². The molecule has 0 saturated heterocycles. The van der Waals surface area contributed by atoms with E-state index < -0.39 is 0 Å². The van der Waals surface area contributed by atoms with Crippen LogP contribution in [0.5, 0.6) is 0 Å². The standard InChI is InChI=1S/C19H20N6O/c1-13(5-6-15-4-3-11-26-15)22-18-16-12-21-25(2)19(16)24-17(23-18)14-7-9-20-10-8-14/h3-4,7-13H,5-6H2,1-2H3,(H,22,23,24). The van der Waals surface area contributed by atoms with Gasteiger partial charge in [0.15, 0.2) is 11.5 Å². The topological polar surface area (TPSA) is 81.7 Å². The van der Waals surface area contributed by atoms with Crippen LogP contribution in [0.4, 0.5) is 5.82 Å². The van der Waals surface area contributed by atoms with Crippen molar-refractivity contribution in [2.45, 2.75) is 25.8 Å². The molecule has 4 heterocycles. The van der Waals surface area contributed by atoms with E-state index in [0.29, 0.717) is 5.82 Å². The van der Waals surface area contributed by atoms with Gasteiger partial charge in [0.05, 0.1) is 17.8 Å². The number of pyridine rings is 1. The summed E-state index contributed by atoms with van der Waals surface area (Å²) in [5.74, 6) is 2.44. The summed E-state index contributed by atoms with van der Waals surface area (Å²) in [4.78, 5) is 13.5. The van der Waals surface area contributed by atoms with Crippen LogP contribution in [-0.4, -0.2) is 30.8 Å². The Kier molecular flexibility index (Phi) is 4.35. The van der Waals surface area contributed by atoms with E-state index in [2.05, 4.69) is 27.3 Å². The van der Waals surface area contributed by atoms with Crippen LogP contribution in [0.25, 0.3) is 22.4 Å². The maximum Gasteiger partial charge on any atom is 0.164 e. The minimum absolute atomic E-state index is 0.226. The van der Waals surface area contributed by atoms with E-state index in [1.54, 1.807) is 29.5 Å². The van der Waals surface area contributed by atoms with Gasteiger partial charge in [-0.25, -0.2) is 9.97 Å². The molecule has 4 aromatic rings. The van der Waals surface area contributed by atoms with E-state index >= 15 is 0 Å². The van der Waals surface area contributed by atoms with Crippen LogP contribution in [0.15, 0.2) is 53.5 Å². The van der Waals surface area contributed by atoms with Crippen molar-refractivity contribution in [2.75, 3.05) is 5.32 Å². The summed E-state index contributed by atoms with van der Waals surface area (Å²) in [6, 6.07) is 7.95. The number of rotatable bonds is 6. The SMILES string of the molecule is CC(CCc1ccco1)Nc1nc(-c2ccncc2)nc2c1cnn2C. The molecule has 1 atom stereocenters. The first kappa shape index (κ1) is 16.3. The van der Waals surface area contributed by atoms with Crippen molar-refractivity contribution in [1.29, 1.82) is 0 Å². The predicted molar refractivity (Wildman–Crippen MR) is 99.6 cm³/mol. The molecule has 0 radical (unpaired) electrons. The molecule has 0 fully saturated rings. The highest BCUT2D eigenvalue weighted by atomic mass is 16.3. The van der Waals surface area contributed by atoms with Gasteiger partial charge in [-0.2, -0.15) is 5.10 Å². The molecular formula is C19H20N6O. The Balaban J connectivity index is 1.62. The summed E-state index contributed by atoms with van der Waals surface area (Å²) < 4.78 is 7.18. The van der Waals surface area contributed by atoms with Crippen LogP contribution >= 0.6 is 0 Å².